The predicted octanol–water partition coefficient (Wildman–Crippen LogP) is 5.40. The molecule has 0 aliphatic carbocycles. The van der Waals surface area contributed by atoms with Gasteiger partial charge in [0.25, 0.3) is 0 Å². The normalized spacial score (nSPS) is 11.6. The van der Waals surface area contributed by atoms with Crippen molar-refractivity contribution >= 4 is 17.7 Å². The first-order valence-corrected chi connectivity index (χ1v) is 10.2. The molecule has 3 rings (SSSR count). The summed E-state index contributed by atoms with van der Waals surface area (Å²) in [7, 11) is 1.65. The molecule has 0 N–H and O–H groups in total. The molecular weight excluding hydrogens is 366 g/mol. The Kier molecular flexibility index (Phi) is 7.15. The van der Waals surface area contributed by atoms with Crippen LogP contribution in [0.5, 0.6) is 5.75 Å². The molecule has 28 heavy (non-hydrogen) atoms. The van der Waals surface area contributed by atoms with Gasteiger partial charge in [-0.05, 0) is 42.3 Å². The molecule has 3 nitrogen and oxygen atoms in total. The number of thioether (sulfide) groups is 1. The number of ether oxygens (including phenoxy) is 1. The summed E-state index contributed by atoms with van der Waals surface area (Å²) in [5.74, 6) is 0.951. The Morgan fingerprint density at radius 1 is 0.857 bits per heavy atom. The summed E-state index contributed by atoms with van der Waals surface area (Å²) >= 11 is 1.57. The molecule has 0 saturated carbocycles. The molecule has 4 heteroatoms. The quantitative estimate of drug-likeness (QED) is 0.481. The third-order valence-corrected chi connectivity index (χ3v) is 5.56. The van der Waals surface area contributed by atoms with Gasteiger partial charge in [-0.25, -0.2) is 0 Å². The molecule has 3 aromatic rings. The second-order valence-corrected chi connectivity index (χ2v) is 8.02. The molecule has 0 radical (unpaired) electrons. The van der Waals surface area contributed by atoms with E-state index in [9.17, 15) is 4.79 Å². The standard InChI is InChI=1S/C24H25NO2S/c1-19(28-23-15-13-22(27-2)14-16-23)24(26)25(17-20-9-5-3-6-10-20)18-21-11-7-4-8-12-21/h3-16,19H,17-18H2,1-2H3. The highest BCUT2D eigenvalue weighted by Gasteiger charge is 2.22. The molecule has 3 aromatic carbocycles. The van der Waals surface area contributed by atoms with E-state index < -0.39 is 0 Å². The lowest BCUT2D eigenvalue weighted by molar-refractivity contribution is -0.131. The van der Waals surface area contributed by atoms with Crippen molar-refractivity contribution in [3.8, 4) is 5.75 Å². The zero-order valence-corrected chi connectivity index (χ0v) is 17.1. The molecule has 0 fully saturated rings. The molecule has 144 valence electrons. The van der Waals surface area contributed by atoms with Gasteiger partial charge in [-0.1, -0.05) is 60.7 Å². The third kappa shape index (κ3) is 5.64. The maximum absolute atomic E-state index is 13.3. The van der Waals surface area contributed by atoms with Crippen LogP contribution in [-0.4, -0.2) is 23.2 Å². The van der Waals surface area contributed by atoms with E-state index in [-0.39, 0.29) is 11.2 Å². The summed E-state index contributed by atoms with van der Waals surface area (Å²) in [5, 5.41) is -0.180. The van der Waals surface area contributed by atoms with Gasteiger partial charge in [-0.2, -0.15) is 0 Å². The number of carbonyl (C=O) groups is 1. The van der Waals surface area contributed by atoms with Crippen molar-refractivity contribution in [3.63, 3.8) is 0 Å². The molecule has 0 aromatic heterocycles. The third-order valence-electron chi connectivity index (χ3n) is 4.46. The van der Waals surface area contributed by atoms with Crippen LogP contribution in [0.25, 0.3) is 0 Å². The van der Waals surface area contributed by atoms with Crippen molar-refractivity contribution in [3.05, 3.63) is 96.1 Å². The lowest BCUT2D eigenvalue weighted by Gasteiger charge is -2.26. The monoisotopic (exact) mass is 391 g/mol. The molecule has 0 heterocycles. The van der Waals surface area contributed by atoms with E-state index in [1.54, 1.807) is 18.9 Å². The molecule has 1 amide bonds. The second kappa shape index (κ2) is 10.00. The topological polar surface area (TPSA) is 29.5 Å². The highest BCUT2D eigenvalue weighted by molar-refractivity contribution is 8.00. The number of nitrogens with zero attached hydrogens (tertiary/aromatic N) is 1. The van der Waals surface area contributed by atoms with Gasteiger partial charge in [0.15, 0.2) is 0 Å². The number of amides is 1. The van der Waals surface area contributed by atoms with Gasteiger partial charge in [0.05, 0.1) is 12.4 Å². The van der Waals surface area contributed by atoms with Crippen molar-refractivity contribution in [2.24, 2.45) is 0 Å². The Balaban J connectivity index is 1.73. The zero-order chi connectivity index (χ0) is 19.8. The van der Waals surface area contributed by atoms with Crippen LogP contribution in [0.3, 0.4) is 0 Å². The fraction of sp³-hybridized carbons (Fsp3) is 0.208. The largest absolute Gasteiger partial charge is 0.497 e. The van der Waals surface area contributed by atoms with Crippen molar-refractivity contribution < 1.29 is 9.53 Å². The van der Waals surface area contributed by atoms with Gasteiger partial charge < -0.3 is 9.64 Å². The van der Waals surface area contributed by atoms with Crippen LogP contribution in [-0.2, 0) is 17.9 Å². The smallest absolute Gasteiger partial charge is 0.236 e. The Morgan fingerprint density at radius 2 is 1.36 bits per heavy atom. The SMILES string of the molecule is COc1ccc(SC(C)C(=O)N(Cc2ccccc2)Cc2ccccc2)cc1. The van der Waals surface area contributed by atoms with E-state index in [1.807, 2.05) is 72.5 Å². The molecule has 0 saturated heterocycles. The van der Waals surface area contributed by atoms with Crippen molar-refractivity contribution in [1.29, 1.82) is 0 Å². The van der Waals surface area contributed by atoms with Crippen molar-refractivity contribution in [2.75, 3.05) is 7.11 Å². The second-order valence-electron chi connectivity index (χ2n) is 6.60. The van der Waals surface area contributed by atoms with Gasteiger partial charge in [0.2, 0.25) is 5.91 Å². The van der Waals surface area contributed by atoms with E-state index in [1.165, 1.54) is 0 Å². The van der Waals surface area contributed by atoms with E-state index in [0.717, 1.165) is 21.8 Å². The first-order chi connectivity index (χ1) is 13.7. The van der Waals surface area contributed by atoms with Crippen LogP contribution in [0.15, 0.2) is 89.8 Å². The Bertz CT molecular complexity index is 825. The number of hydrogen-bond acceptors (Lipinski definition) is 3. The fourth-order valence-corrected chi connectivity index (χ4v) is 3.94. The number of carbonyl (C=O) groups excluding carboxylic acids is 1. The average molecular weight is 392 g/mol. The summed E-state index contributed by atoms with van der Waals surface area (Å²) in [6.07, 6.45) is 0. The van der Waals surface area contributed by atoms with Crippen LogP contribution in [0.2, 0.25) is 0 Å². The highest BCUT2D eigenvalue weighted by Crippen LogP contribution is 2.27. The molecule has 0 aliphatic rings. The van der Waals surface area contributed by atoms with Gasteiger partial charge in [0.1, 0.15) is 5.75 Å². The Labute approximate surface area is 171 Å². The van der Waals surface area contributed by atoms with Crippen molar-refractivity contribution in [1.82, 2.24) is 4.90 Å². The summed E-state index contributed by atoms with van der Waals surface area (Å²) < 4.78 is 5.21. The van der Waals surface area contributed by atoms with Crippen molar-refractivity contribution in [2.45, 2.75) is 30.2 Å². The van der Waals surface area contributed by atoms with E-state index in [2.05, 4.69) is 24.3 Å². The minimum Gasteiger partial charge on any atom is -0.497 e. The Morgan fingerprint density at radius 3 is 1.82 bits per heavy atom. The minimum atomic E-state index is -0.180. The first kappa shape index (κ1) is 20.0. The van der Waals surface area contributed by atoms with Crippen LogP contribution in [0.4, 0.5) is 0 Å². The van der Waals surface area contributed by atoms with Crippen LogP contribution in [0, 0.1) is 0 Å². The van der Waals surface area contributed by atoms with E-state index >= 15 is 0 Å². The number of rotatable bonds is 8. The fourth-order valence-electron chi connectivity index (χ4n) is 2.99. The average Bonchev–Trinajstić information content (AvgIpc) is 2.75. The maximum Gasteiger partial charge on any atom is 0.236 e. The van der Waals surface area contributed by atoms with Gasteiger partial charge in [0, 0.05) is 18.0 Å². The molecule has 0 spiro atoms. The first-order valence-electron chi connectivity index (χ1n) is 9.33. The lowest BCUT2D eigenvalue weighted by Crippen LogP contribution is -2.35. The predicted molar refractivity (Wildman–Crippen MR) is 115 cm³/mol. The molecule has 0 bridgehead atoms. The summed E-state index contributed by atoms with van der Waals surface area (Å²) in [5.41, 5.74) is 2.27. The molecule has 1 unspecified atom stereocenters. The highest BCUT2D eigenvalue weighted by atomic mass is 32.2. The van der Waals surface area contributed by atoms with Gasteiger partial charge >= 0.3 is 0 Å². The molecular formula is C24H25NO2S. The summed E-state index contributed by atoms with van der Waals surface area (Å²) in [6.45, 7) is 3.17. The van der Waals surface area contributed by atoms with E-state index in [0.29, 0.717) is 13.1 Å². The number of hydrogen-bond donors (Lipinski definition) is 0. The lowest BCUT2D eigenvalue weighted by atomic mass is 10.1. The van der Waals surface area contributed by atoms with Crippen LogP contribution in [0.1, 0.15) is 18.1 Å². The maximum atomic E-state index is 13.3. The van der Waals surface area contributed by atoms with Gasteiger partial charge in [-0.3, -0.25) is 4.79 Å². The molecule has 1 atom stereocenters. The van der Waals surface area contributed by atoms with E-state index in [4.69, 9.17) is 4.74 Å². The molecule has 0 aliphatic heterocycles. The van der Waals surface area contributed by atoms with Crippen LogP contribution >= 0.6 is 11.8 Å². The number of methoxy groups -OCH3 is 1. The summed E-state index contributed by atoms with van der Waals surface area (Å²) in [4.78, 5) is 16.3. The zero-order valence-electron chi connectivity index (χ0n) is 16.2. The summed E-state index contributed by atoms with van der Waals surface area (Å²) in [6, 6.07) is 28.1. The minimum absolute atomic E-state index is 0.133. The Hall–Kier alpha value is -2.72. The number of benzene rings is 3. The van der Waals surface area contributed by atoms with Gasteiger partial charge in [-0.15, -0.1) is 11.8 Å². The van der Waals surface area contributed by atoms with Crippen LogP contribution < -0.4 is 4.74 Å².